The van der Waals surface area contributed by atoms with Crippen molar-refractivity contribution < 1.29 is 38.1 Å². The molecule has 2 aliphatic carbocycles. The Labute approximate surface area is 305 Å². The average molecular weight is 720 g/mol. The van der Waals surface area contributed by atoms with Crippen molar-refractivity contribution in [2.75, 3.05) is 26.2 Å². The van der Waals surface area contributed by atoms with Crippen LogP contribution < -0.4 is 10.6 Å². The van der Waals surface area contributed by atoms with Crippen LogP contribution in [-0.4, -0.2) is 107 Å². The summed E-state index contributed by atoms with van der Waals surface area (Å²) < 4.78 is 22.8. The Kier molecular flexibility index (Phi) is 13.8. The van der Waals surface area contributed by atoms with Crippen LogP contribution in [0, 0.1) is 11.8 Å². The summed E-state index contributed by atoms with van der Waals surface area (Å²) in [6, 6.07) is -0.285. The van der Waals surface area contributed by atoms with Crippen LogP contribution in [0.2, 0.25) is 0 Å². The van der Waals surface area contributed by atoms with Crippen molar-refractivity contribution >= 4 is 30.0 Å². The number of hydrogen-bond acceptors (Lipinski definition) is 9. The first-order chi connectivity index (χ1) is 23.7. The van der Waals surface area contributed by atoms with Gasteiger partial charge in [0, 0.05) is 38.3 Å². The summed E-state index contributed by atoms with van der Waals surface area (Å²) >= 11 is 0. The highest BCUT2D eigenvalue weighted by Gasteiger charge is 2.43. The number of nitrogens with zero attached hydrogens (tertiary/aromatic N) is 3. The van der Waals surface area contributed by atoms with E-state index in [1.807, 2.05) is 30.6 Å². The minimum atomic E-state index is -0.794. The summed E-state index contributed by atoms with van der Waals surface area (Å²) in [4.78, 5) is 60.3. The molecule has 3 amide bonds. The number of carbonyl (C=O) groups is 4. The second kappa shape index (κ2) is 17.3. The Morgan fingerprint density at radius 1 is 0.784 bits per heavy atom. The van der Waals surface area contributed by atoms with Crippen LogP contribution in [0.3, 0.4) is 0 Å². The lowest BCUT2D eigenvalue weighted by molar-refractivity contribution is -0.158. The van der Waals surface area contributed by atoms with Gasteiger partial charge in [-0.2, -0.15) is 0 Å². The Bertz CT molecular complexity index is 1240. The van der Waals surface area contributed by atoms with Gasteiger partial charge in [-0.05, 0) is 132 Å². The molecule has 13 heteroatoms. The molecule has 0 aromatic heterocycles. The van der Waals surface area contributed by atoms with Gasteiger partial charge in [0.05, 0.1) is 18.6 Å². The van der Waals surface area contributed by atoms with Gasteiger partial charge in [0.15, 0.2) is 0 Å². The summed E-state index contributed by atoms with van der Waals surface area (Å²) in [7, 11) is 0. The zero-order chi connectivity index (χ0) is 37.6. The predicted molar refractivity (Wildman–Crippen MR) is 194 cm³/mol. The van der Waals surface area contributed by atoms with E-state index < -0.39 is 35.0 Å². The SMILES string of the molecule is CC(C)(C)OC(=O)C[C@H](NC1CC2CCC1C2)C(=O)N1CCCC[C@H]1CCOC1CCN(C(=NC(=O)OC(C)(C)C)NC(=O)OC(C)(C)C)CC1. The molecule has 0 radical (unpaired) electrons. The number of esters is 1. The van der Waals surface area contributed by atoms with Gasteiger partial charge < -0.3 is 34.1 Å². The number of likely N-dealkylation sites (tertiary alicyclic amines) is 2. The van der Waals surface area contributed by atoms with Crippen molar-refractivity contribution in [3.63, 3.8) is 0 Å². The van der Waals surface area contributed by atoms with E-state index in [1.54, 1.807) is 41.5 Å². The van der Waals surface area contributed by atoms with Crippen LogP contribution in [0.4, 0.5) is 9.59 Å². The molecule has 0 aromatic rings. The molecule has 4 aliphatic rings. The van der Waals surface area contributed by atoms with Gasteiger partial charge in [0.2, 0.25) is 11.9 Å². The fraction of sp³-hybridized carbons (Fsp3) is 0.868. The van der Waals surface area contributed by atoms with Crippen molar-refractivity contribution in [3.05, 3.63) is 0 Å². The molecule has 51 heavy (non-hydrogen) atoms. The third-order valence-electron chi connectivity index (χ3n) is 9.90. The molecule has 2 saturated carbocycles. The van der Waals surface area contributed by atoms with Crippen LogP contribution in [0.1, 0.15) is 133 Å². The summed E-state index contributed by atoms with van der Waals surface area (Å²) in [5.41, 5.74) is -2.06. The van der Waals surface area contributed by atoms with Gasteiger partial charge in [0.25, 0.3) is 0 Å². The first-order valence-electron chi connectivity index (χ1n) is 19.2. The van der Waals surface area contributed by atoms with Crippen molar-refractivity contribution in [2.45, 2.75) is 174 Å². The Balaban J connectivity index is 1.32. The fourth-order valence-electron chi connectivity index (χ4n) is 7.81. The van der Waals surface area contributed by atoms with E-state index in [1.165, 1.54) is 19.3 Å². The van der Waals surface area contributed by atoms with E-state index in [0.29, 0.717) is 51.4 Å². The summed E-state index contributed by atoms with van der Waals surface area (Å²) in [6.45, 7) is 18.3. The van der Waals surface area contributed by atoms with E-state index in [4.69, 9.17) is 18.9 Å². The number of fused-ring (bicyclic) bond motifs is 2. The molecule has 0 spiro atoms. The third kappa shape index (κ3) is 13.5. The number of alkyl carbamates (subject to hydrolysis) is 1. The van der Waals surface area contributed by atoms with E-state index in [2.05, 4.69) is 15.6 Å². The van der Waals surface area contributed by atoms with Crippen molar-refractivity contribution in [2.24, 2.45) is 16.8 Å². The molecule has 2 bridgehead atoms. The Morgan fingerprint density at radius 2 is 1.45 bits per heavy atom. The highest BCUT2D eigenvalue weighted by atomic mass is 16.6. The van der Waals surface area contributed by atoms with Crippen molar-refractivity contribution in [3.8, 4) is 0 Å². The molecule has 2 N–H and O–H groups in total. The average Bonchev–Trinajstić information content (AvgIpc) is 3.62. The number of carbonyl (C=O) groups excluding carboxylic acids is 4. The first kappa shape index (κ1) is 40.8. The first-order valence-corrected chi connectivity index (χ1v) is 19.2. The molecule has 2 heterocycles. The van der Waals surface area contributed by atoms with E-state index >= 15 is 0 Å². The number of rotatable bonds is 9. The highest BCUT2D eigenvalue weighted by molar-refractivity contribution is 5.99. The number of hydrogen-bond donors (Lipinski definition) is 2. The maximum Gasteiger partial charge on any atom is 0.437 e. The second-order valence-corrected chi connectivity index (χ2v) is 17.9. The largest absolute Gasteiger partial charge is 0.460 e. The van der Waals surface area contributed by atoms with E-state index in [9.17, 15) is 19.2 Å². The molecule has 2 saturated heterocycles. The lowest BCUT2D eigenvalue weighted by Gasteiger charge is -2.39. The minimum Gasteiger partial charge on any atom is -0.460 e. The fourth-order valence-corrected chi connectivity index (χ4v) is 7.81. The van der Waals surface area contributed by atoms with Crippen LogP contribution in [-0.2, 0) is 28.5 Å². The lowest BCUT2D eigenvalue weighted by Crippen LogP contribution is -2.56. The van der Waals surface area contributed by atoms with E-state index in [0.717, 1.165) is 31.6 Å². The molecule has 4 rings (SSSR count). The maximum absolute atomic E-state index is 14.2. The predicted octanol–water partition coefficient (Wildman–Crippen LogP) is 5.93. The summed E-state index contributed by atoms with van der Waals surface area (Å²) in [5, 5.41) is 6.29. The maximum atomic E-state index is 14.2. The molecular formula is C38H65N5O8. The molecule has 5 atom stereocenters. The molecule has 290 valence electrons. The quantitative estimate of drug-likeness (QED) is 0.127. The standard InChI is InChI=1S/C38H65N5O8/c1-36(2,3)49-31(44)24-30(39-29-23-25-13-14-26(29)22-25)32(45)43-18-11-10-12-27(43)17-21-48-28-15-19-42(20-16-28)33(40-34(46)50-37(4,5)6)41-35(47)51-38(7,8)9/h25-30,39H,10-24H2,1-9H3,(H,40,41,46,47)/t25?,26?,27-,29?,30-/m0/s1. The number of piperidine rings is 2. The smallest absolute Gasteiger partial charge is 0.437 e. The topological polar surface area (TPSA) is 148 Å². The van der Waals surface area contributed by atoms with Crippen LogP contribution in [0.25, 0.3) is 0 Å². The molecule has 0 aromatic carbocycles. The van der Waals surface area contributed by atoms with Gasteiger partial charge in [-0.1, -0.05) is 6.42 Å². The molecular weight excluding hydrogens is 654 g/mol. The van der Waals surface area contributed by atoms with Crippen LogP contribution in [0.15, 0.2) is 4.99 Å². The molecule has 13 nitrogen and oxygen atoms in total. The summed E-state index contributed by atoms with van der Waals surface area (Å²) in [5.74, 6) is 1.04. The van der Waals surface area contributed by atoms with Gasteiger partial charge >= 0.3 is 18.2 Å². The van der Waals surface area contributed by atoms with Crippen molar-refractivity contribution in [1.29, 1.82) is 0 Å². The number of amides is 3. The zero-order valence-corrected chi connectivity index (χ0v) is 32.7. The normalized spacial score (nSPS) is 25.4. The van der Waals surface area contributed by atoms with Gasteiger partial charge in [-0.3, -0.25) is 14.9 Å². The molecule has 2 aliphatic heterocycles. The summed E-state index contributed by atoms with van der Waals surface area (Å²) in [6.07, 6.45) is 8.22. The third-order valence-corrected chi connectivity index (χ3v) is 9.90. The number of nitrogens with one attached hydrogen (secondary N) is 2. The van der Waals surface area contributed by atoms with Crippen molar-refractivity contribution in [1.82, 2.24) is 20.4 Å². The minimum absolute atomic E-state index is 0.00377. The Morgan fingerprint density at radius 3 is 2.04 bits per heavy atom. The Hall–Kier alpha value is -2.93. The second-order valence-electron chi connectivity index (χ2n) is 17.9. The highest BCUT2D eigenvalue weighted by Crippen LogP contribution is 2.44. The van der Waals surface area contributed by atoms with Gasteiger partial charge in [0.1, 0.15) is 16.8 Å². The lowest BCUT2D eigenvalue weighted by atomic mass is 9.93. The van der Waals surface area contributed by atoms with E-state index in [-0.39, 0.29) is 42.4 Å². The monoisotopic (exact) mass is 719 g/mol. The van der Waals surface area contributed by atoms with Crippen LogP contribution in [0.5, 0.6) is 0 Å². The number of aliphatic imine (C=N–C) groups is 1. The number of guanidine groups is 1. The van der Waals surface area contributed by atoms with Gasteiger partial charge in [-0.25, -0.2) is 9.59 Å². The van der Waals surface area contributed by atoms with Crippen LogP contribution >= 0.6 is 0 Å². The molecule has 4 fully saturated rings. The molecule has 3 unspecified atom stereocenters. The number of ether oxygens (including phenoxy) is 4. The zero-order valence-electron chi connectivity index (χ0n) is 32.7. The van der Waals surface area contributed by atoms with Gasteiger partial charge in [-0.15, -0.1) is 4.99 Å².